The molecule has 2 saturated heterocycles. The van der Waals surface area contributed by atoms with E-state index in [9.17, 15) is 0 Å². The van der Waals surface area contributed by atoms with E-state index in [1.54, 1.807) is 0 Å². The fourth-order valence-electron chi connectivity index (χ4n) is 5.81. The summed E-state index contributed by atoms with van der Waals surface area (Å²) in [6, 6.07) is 30.9. The average Bonchev–Trinajstić information content (AvgIpc) is 3.85. The number of hydrogen-bond acceptors (Lipinski definition) is 4. The number of aryl methyl sites for hydroxylation is 2. The molecule has 2 aliphatic heterocycles. The molecule has 3 aliphatic rings. The van der Waals surface area contributed by atoms with Crippen molar-refractivity contribution in [2.75, 3.05) is 26.4 Å². The van der Waals surface area contributed by atoms with Gasteiger partial charge in [-0.05, 0) is 70.5 Å². The Morgan fingerprint density at radius 2 is 1.08 bits per heavy atom. The van der Waals surface area contributed by atoms with Gasteiger partial charge in [0.25, 0.3) is 0 Å². The van der Waals surface area contributed by atoms with E-state index < -0.39 is 5.41 Å². The predicted octanol–water partition coefficient (Wildman–Crippen LogP) is 6.22. The summed E-state index contributed by atoms with van der Waals surface area (Å²) in [4.78, 5) is 0. The number of epoxide rings is 2. The molecule has 0 bridgehead atoms. The lowest BCUT2D eigenvalue weighted by atomic mass is 9.67. The molecule has 7 rings (SSSR count). The van der Waals surface area contributed by atoms with Crippen LogP contribution in [0.2, 0.25) is 0 Å². The van der Waals surface area contributed by atoms with Crippen molar-refractivity contribution in [3.05, 3.63) is 118 Å². The van der Waals surface area contributed by atoms with Crippen LogP contribution in [0.4, 0.5) is 0 Å². The standard InChI is InChI=1S/C33H30O4/c1-21-15-23(11-13-31(21)36-19-25-17-34-25)33(24-12-14-32(22(2)16-24)37-20-26-18-35-26)29-9-5-3-7-27(29)28-8-4-6-10-30(28)33/h3-16,25-26H,17-20H2,1-2H3/t25-,26-/m0/s1. The highest BCUT2D eigenvalue weighted by Gasteiger charge is 2.46. The molecule has 186 valence electrons. The summed E-state index contributed by atoms with van der Waals surface area (Å²) in [7, 11) is 0. The fourth-order valence-corrected chi connectivity index (χ4v) is 5.81. The van der Waals surface area contributed by atoms with Crippen LogP contribution in [-0.4, -0.2) is 38.6 Å². The van der Waals surface area contributed by atoms with E-state index in [0.717, 1.165) is 35.8 Å². The quantitative estimate of drug-likeness (QED) is 0.242. The maximum absolute atomic E-state index is 6.09. The normalized spacial score (nSPS) is 20.2. The second-order valence-corrected chi connectivity index (χ2v) is 10.3. The summed E-state index contributed by atoms with van der Waals surface area (Å²) in [5.74, 6) is 1.83. The minimum atomic E-state index is -0.445. The molecule has 2 heterocycles. The van der Waals surface area contributed by atoms with Crippen LogP contribution in [0.1, 0.15) is 33.4 Å². The molecule has 0 radical (unpaired) electrons. The maximum atomic E-state index is 6.09. The third-order valence-electron chi connectivity index (χ3n) is 7.82. The van der Waals surface area contributed by atoms with E-state index in [-0.39, 0.29) is 12.2 Å². The van der Waals surface area contributed by atoms with Gasteiger partial charge < -0.3 is 18.9 Å². The minimum absolute atomic E-state index is 0.231. The molecule has 0 aromatic heterocycles. The van der Waals surface area contributed by atoms with Crippen molar-refractivity contribution in [2.24, 2.45) is 0 Å². The molecule has 0 spiro atoms. The second kappa shape index (κ2) is 8.76. The predicted molar refractivity (Wildman–Crippen MR) is 144 cm³/mol. The molecule has 4 nitrogen and oxygen atoms in total. The Balaban J connectivity index is 1.40. The van der Waals surface area contributed by atoms with Gasteiger partial charge in [0, 0.05) is 0 Å². The van der Waals surface area contributed by atoms with Gasteiger partial charge in [-0.15, -0.1) is 0 Å². The molecule has 2 fully saturated rings. The molecule has 37 heavy (non-hydrogen) atoms. The molecule has 4 aromatic carbocycles. The zero-order valence-corrected chi connectivity index (χ0v) is 21.2. The Hall–Kier alpha value is -3.60. The van der Waals surface area contributed by atoms with Crippen molar-refractivity contribution in [1.82, 2.24) is 0 Å². The number of hydrogen-bond donors (Lipinski definition) is 0. The molecule has 1 aliphatic carbocycles. The minimum Gasteiger partial charge on any atom is -0.491 e. The van der Waals surface area contributed by atoms with Gasteiger partial charge in [-0.1, -0.05) is 72.8 Å². The first-order valence-electron chi connectivity index (χ1n) is 13.0. The Bertz CT molecular complexity index is 1370. The van der Waals surface area contributed by atoms with E-state index in [4.69, 9.17) is 18.9 Å². The van der Waals surface area contributed by atoms with Crippen molar-refractivity contribution < 1.29 is 18.9 Å². The highest BCUT2D eigenvalue weighted by molar-refractivity contribution is 5.86. The summed E-state index contributed by atoms with van der Waals surface area (Å²) in [5.41, 5.74) is 9.44. The Labute approximate surface area is 217 Å². The molecule has 4 heteroatoms. The summed E-state index contributed by atoms with van der Waals surface area (Å²) in [6.07, 6.45) is 0.461. The van der Waals surface area contributed by atoms with E-state index in [0.29, 0.717) is 13.2 Å². The molecule has 2 atom stereocenters. The first-order valence-corrected chi connectivity index (χ1v) is 13.0. The maximum Gasteiger partial charge on any atom is 0.122 e. The van der Waals surface area contributed by atoms with Crippen LogP contribution >= 0.6 is 0 Å². The lowest BCUT2D eigenvalue weighted by Crippen LogP contribution is -2.29. The van der Waals surface area contributed by atoms with Gasteiger partial charge in [-0.2, -0.15) is 0 Å². The van der Waals surface area contributed by atoms with Gasteiger partial charge in [0.05, 0.1) is 18.6 Å². The molecule has 0 N–H and O–H groups in total. The lowest BCUT2D eigenvalue weighted by molar-refractivity contribution is 0.261. The lowest BCUT2D eigenvalue weighted by Gasteiger charge is -2.34. The summed E-state index contributed by atoms with van der Waals surface area (Å²) in [5, 5.41) is 0. The third-order valence-corrected chi connectivity index (χ3v) is 7.82. The van der Waals surface area contributed by atoms with Gasteiger partial charge in [0.1, 0.15) is 36.9 Å². The van der Waals surface area contributed by atoms with Crippen LogP contribution in [0.25, 0.3) is 11.1 Å². The smallest absolute Gasteiger partial charge is 0.122 e. The Morgan fingerprint density at radius 3 is 1.49 bits per heavy atom. The highest BCUT2D eigenvalue weighted by atomic mass is 16.6. The fraction of sp³-hybridized carbons (Fsp3) is 0.273. The van der Waals surface area contributed by atoms with E-state index in [2.05, 4.69) is 98.8 Å². The van der Waals surface area contributed by atoms with Crippen molar-refractivity contribution in [2.45, 2.75) is 31.5 Å². The molecule has 4 aromatic rings. The van der Waals surface area contributed by atoms with E-state index in [1.165, 1.54) is 33.4 Å². The van der Waals surface area contributed by atoms with Crippen LogP contribution in [-0.2, 0) is 14.9 Å². The van der Waals surface area contributed by atoms with Gasteiger partial charge in [-0.25, -0.2) is 0 Å². The Kier molecular flexibility index (Phi) is 5.35. The number of ether oxygens (including phenoxy) is 4. The molecular weight excluding hydrogens is 460 g/mol. The number of benzene rings is 4. The zero-order valence-electron chi connectivity index (χ0n) is 21.2. The number of fused-ring (bicyclic) bond motifs is 3. The van der Waals surface area contributed by atoms with E-state index >= 15 is 0 Å². The van der Waals surface area contributed by atoms with Crippen molar-refractivity contribution in [3.8, 4) is 22.6 Å². The van der Waals surface area contributed by atoms with Gasteiger partial charge >= 0.3 is 0 Å². The first-order chi connectivity index (χ1) is 18.1. The third kappa shape index (κ3) is 3.83. The monoisotopic (exact) mass is 490 g/mol. The second-order valence-electron chi connectivity index (χ2n) is 10.3. The van der Waals surface area contributed by atoms with Crippen LogP contribution in [0.15, 0.2) is 84.9 Å². The largest absolute Gasteiger partial charge is 0.491 e. The zero-order chi connectivity index (χ0) is 25.0. The highest BCUT2D eigenvalue weighted by Crippen LogP contribution is 2.56. The van der Waals surface area contributed by atoms with Crippen molar-refractivity contribution in [1.29, 1.82) is 0 Å². The van der Waals surface area contributed by atoms with Crippen LogP contribution in [0.5, 0.6) is 11.5 Å². The Morgan fingerprint density at radius 1 is 0.649 bits per heavy atom. The van der Waals surface area contributed by atoms with Gasteiger partial charge in [0.2, 0.25) is 0 Å². The molecular formula is C33H30O4. The van der Waals surface area contributed by atoms with Gasteiger partial charge in [0.15, 0.2) is 0 Å². The van der Waals surface area contributed by atoms with Gasteiger partial charge in [-0.3, -0.25) is 0 Å². The van der Waals surface area contributed by atoms with Crippen molar-refractivity contribution in [3.63, 3.8) is 0 Å². The first kappa shape index (κ1) is 22.6. The average molecular weight is 491 g/mol. The van der Waals surface area contributed by atoms with Crippen LogP contribution in [0.3, 0.4) is 0 Å². The SMILES string of the molecule is Cc1cc(C2(c3ccc(OC[C@@H]4CO4)c(C)c3)c3ccccc3-c3ccccc32)ccc1OC[C@@H]1CO1. The van der Waals surface area contributed by atoms with E-state index in [1.807, 2.05) is 0 Å². The summed E-state index contributed by atoms with van der Waals surface area (Å²) >= 11 is 0. The molecule has 0 unspecified atom stereocenters. The molecule has 0 amide bonds. The molecule has 0 saturated carbocycles. The van der Waals surface area contributed by atoms with Crippen molar-refractivity contribution >= 4 is 0 Å². The number of rotatable bonds is 8. The summed E-state index contributed by atoms with van der Waals surface area (Å²) in [6.45, 7) is 7.05. The topological polar surface area (TPSA) is 43.5 Å². The van der Waals surface area contributed by atoms with Crippen LogP contribution in [0, 0.1) is 13.8 Å². The van der Waals surface area contributed by atoms with Crippen LogP contribution < -0.4 is 9.47 Å². The summed E-state index contributed by atoms with van der Waals surface area (Å²) < 4.78 is 22.9.